The van der Waals surface area contributed by atoms with Crippen LogP contribution in [0, 0.1) is 0 Å². The zero-order valence-electron chi connectivity index (χ0n) is 17.9. The van der Waals surface area contributed by atoms with Crippen LogP contribution in [0.3, 0.4) is 0 Å². The van der Waals surface area contributed by atoms with Gasteiger partial charge in [0.2, 0.25) is 0 Å². The van der Waals surface area contributed by atoms with Crippen LogP contribution in [-0.2, 0) is 6.42 Å². The number of nitrogens with one attached hydrogen (secondary N) is 1. The molecule has 164 valence electrons. The van der Waals surface area contributed by atoms with Crippen molar-refractivity contribution in [2.45, 2.75) is 12.8 Å². The normalized spacial score (nSPS) is 14.7. The standard InChI is InChI=1S/C25H26BrN5O/c26-20-9-10-22-21(18-20)28-24(23-8-4-15-31(22)23)29-13-5-14-30(17-16-29)25(32)27-12-11-19-6-2-1-3-7-19/h1-4,6-10,15,18H,5,11-14,16-17H2,(H,27,32). The van der Waals surface area contributed by atoms with E-state index in [1.54, 1.807) is 0 Å². The van der Waals surface area contributed by atoms with Crippen molar-refractivity contribution in [3.05, 3.63) is 76.9 Å². The number of aromatic nitrogens is 2. The largest absolute Gasteiger partial charge is 0.353 e. The molecule has 5 rings (SSSR count). The lowest BCUT2D eigenvalue weighted by Crippen LogP contribution is -2.42. The third-order valence-electron chi connectivity index (χ3n) is 6.02. The Morgan fingerprint density at radius 2 is 1.84 bits per heavy atom. The van der Waals surface area contributed by atoms with Gasteiger partial charge in [-0.15, -0.1) is 0 Å². The summed E-state index contributed by atoms with van der Waals surface area (Å²) >= 11 is 3.57. The Hall–Kier alpha value is -3.06. The number of rotatable bonds is 4. The van der Waals surface area contributed by atoms with Crippen molar-refractivity contribution in [1.29, 1.82) is 0 Å². The Morgan fingerprint density at radius 1 is 0.969 bits per heavy atom. The lowest BCUT2D eigenvalue weighted by Gasteiger charge is -2.24. The molecular weight excluding hydrogens is 466 g/mol. The molecule has 0 atom stereocenters. The number of anilines is 1. The van der Waals surface area contributed by atoms with Crippen molar-refractivity contribution in [3.8, 4) is 0 Å². The highest BCUT2D eigenvalue weighted by Crippen LogP contribution is 2.27. The van der Waals surface area contributed by atoms with Gasteiger partial charge in [-0.25, -0.2) is 9.78 Å². The van der Waals surface area contributed by atoms with Gasteiger partial charge in [-0.05, 0) is 48.7 Å². The monoisotopic (exact) mass is 491 g/mol. The van der Waals surface area contributed by atoms with Gasteiger partial charge >= 0.3 is 6.03 Å². The molecule has 1 aliphatic heterocycles. The Morgan fingerprint density at radius 3 is 2.72 bits per heavy atom. The fraction of sp³-hybridized carbons (Fsp3) is 0.280. The number of halogens is 1. The molecule has 32 heavy (non-hydrogen) atoms. The van der Waals surface area contributed by atoms with Gasteiger partial charge in [0.05, 0.1) is 16.6 Å². The summed E-state index contributed by atoms with van der Waals surface area (Å²) in [5.41, 5.74) is 4.38. The second-order valence-electron chi connectivity index (χ2n) is 8.13. The quantitative estimate of drug-likeness (QED) is 0.449. The number of urea groups is 1. The Bertz CT molecular complexity index is 1240. The molecule has 1 N–H and O–H groups in total. The van der Waals surface area contributed by atoms with E-state index in [9.17, 15) is 4.79 Å². The summed E-state index contributed by atoms with van der Waals surface area (Å²) in [7, 11) is 0. The van der Waals surface area contributed by atoms with Gasteiger partial charge in [-0.2, -0.15) is 0 Å². The van der Waals surface area contributed by atoms with Crippen molar-refractivity contribution in [3.63, 3.8) is 0 Å². The van der Waals surface area contributed by atoms with Crippen molar-refractivity contribution in [1.82, 2.24) is 19.6 Å². The molecule has 0 unspecified atom stereocenters. The summed E-state index contributed by atoms with van der Waals surface area (Å²) in [5.74, 6) is 0.979. The first-order valence-electron chi connectivity index (χ1n) is 11.1. The predicted octanol–water partition coefficient (Wildman–Crippen LogP) is 4.71. The first-order valence-corrected chi connectivity index (χ1v) is 11.9. The number of hydrogen-bond donors (Lipinski definition) is 1. The van der Waals surface area contributed by atoms with E-state index in [1.807, 2.05) is 29.2 Å². The maximum absolute atomic E-state index is 12.7. The van der Waals surface area contributed by atoms with Crippen LogP contribution < -0.4 is 10.2 Å². The first-order chi connectivity index (χ1) is 15.7. The number of carbonyl (C=O) groups excluding carboxylic acids is 1. The first kappa shape index (κ1) is 20.8. The van der Waals surface area contributed by atoms with Gasteiger partial charge in [-0.1, -0.05) is 46.3 Å². The lowest BCUT2D eigenvalue weighted by molar-refractivity contribution is 0.201. The molecule has 2 aromatic heterocycles. The summed E-state index contributed by atoms with van der Waals surface area (Å²) in [6.07, 6.45) is 3.84. The highest BCUT2D eigenvalue weighted by Gasteiger charge is 2.22. The molecule has 0 bridgehead atoms. The Kier molecular flexibility index (Phi) is 5.99. The number of benzene rings is 2. The maximum atomic E-state index is 12.7. The van der Waals surface area contributed by atoms with Gasteiger partial charge in [0, 0.05) is 43.4 Å². The van der Waals surface area contributed by atoms with E-state index in [4.69, 9.17) is 4.98 Å². The van der Waals surface area contributed by atoms with Crippen molar-refractivity contribution >= 4 is 44.3 Å². The minimum atomic E-state index is 0.0195. The second kappa shape index (κ2) is 9.20. The van der Waals surface area contributed by atoms with E-state index in [1.165, 1.54) is 5.56 Å². The topological polar surface area (TPSA) is 52.9 Å². The van der Waals surface area contributed by atoms with Gasteiger partial charge in [-0.3, -0.25) is 0 Å². The molecule has 2 aromatic carbocycles. The SMILES string of the molecule is O=C(NCCc1ccccc1)N1CCCN(c2nc3cc(Br)ccc3n3cccc23)CC1. The van der Waals surface area contributed by atoms with Gasteiger partial charge < -0.3 is 19.5 Å². The zero-order chi connectivity index (χ0) is 21.9. The summed E-state index contributed by atoms with van der Waals surface area (Å²) in [4.78, 5) is 22.0. The lowest BCUT2D eigenvalue weighted by atomic mass is 10.1. The minimum absolute atomic E-state index is 0.0195. The van der Waals surface area contributed by atoms with Crippen molar-refractivity contribution < 1.29 is 4.79 Å². The van der Waals surface area contributed by atoms with E-state index < -0.39 is 0 Å². The van der Waals surface area contributed by atoms with E-state index in [2.05, 4.69) is 73.1 Å². The number of nitrogens with zero attached hydrogens (tertiary/aromatic N) is 4. The van der Waals surface area contributed by atoms with E-state index in [-0.39, 0.29) is 6.03 Å². The average molecular weight is 492 g/mol. The van der Waals surface area contributed by atoms with Crippen LogP contribution in [0.1, 0.15) is 12.0 Å². The molecule has 0 spiro atoms. The molecule has 6 nitrogen and oxygen atoms in total. The highest BCUT2D eigenvalue weighted by atomic mass is 79.9. The van der Waals surface area contributed by atoms with E-state index in [0.717, 1.165) is 59.3 Å². The van der Waals surface area contributed by atoms with Crippen LogP contribution in [0.25, 0.3) is 16.6 Å². The van der Waals surface area contributed by atoms with Crippen molar-refractivity contribution in [2.75, 3.05) is 37.6 Å². The molecule has 1 aliphatic rings. The summed E-state index contributed by atoms with van der Waals surface area (Å²) < 4.78 is 3.22. The fourth-order valence-electron chi connectivity index (χ4n) is 4.37. The molecule has 2 amide bonds. The number of amides is 2. The molecule has 0 aliphatic carbocycles. The van der Waals surface area contributed by atoms with Crippen LogP contribution in [-0.4, -0.2) is 53.0 Å². The summed E-state index contributed by atoms with van der Waals surface area (Å²) in [6.45, 7) is 3.72. The molecule has 7 heteroatoms. The molecular formula is C25H26BrN5O. The molecule has 1 saturated heterocycles. The highest BCUT2D eigenvalue weighted by molar-refractivity contribution is 9.10. The number of fused-ring (bicyclic) bond motifs is 3. The van der Waals surface area contributed by atoms with Crippen LogP contribution in [0.2, 0.25) is 0 Å². The van der Waals surface area contributed by atoms with Crippen LogP contribution in [0.15, 0.2) is 71.3 Å². The zero-order valence-corrected chi connectivity index (χ0v) is 19.5. The predicted molar refractivity (Wildman–Crippen MR) is 132 cm³/mol. The van der Waals surface area contributed by atoms with Gasteiger partial charge in [0.15, 0.2) is 5.82 Å². The second-order valence-corrected chi connectivity index (χ2v) is 9.04. The maximum Gasteiger partial charge on any atom is 0.317 e. The number of carbonyl (C=O) groups is 1. The third-order valence-corrected chi connectivity index (χ3v) is 6.51. The van der Waals surface area contributed by atoms with Gasteiger partial charge in [0.1, 0.15) is 0 Å². The molecule has 1 fully saturated rings. The Labute approximate surface area is 196 Å². The average Bonchev–Trinajstić information content (AvgIpc) is 3.17. The molecule has 4 aromatic rings. The number of hydrogen-bond acceptors (Lipinski definition) is 3. The minimum Gasteiger partial charge on any atom is -0.353 e. The third kappa shape index (κ3) is 4.30. The molecule has 0 saturated carbocycles. The molecule has 3 heterocycles. The van der Waals surface area contributed by atoms with E-state index >= 15 is 0 Å². The summed E-state index contributed by atoms with van der Waals surface area (Å²) in [6, 6.07) is 20.6. The van der Waals surface area contributed by atoms with Crippen molar-refractivity contribution in [2.24, 2.45) is 0 Å². The van der Waals surface area contributed by atoms with Crippen LogP contribution in [0.4, 0.5) is 10.6 Å². The van der Waals surface area contributed by atoms with E-state index in [0.29, 0.717) is 13.1 Å². The van der Waals surface area contributed by atoms with Gasteiger partial charge in [0.25, 0.3) is 0 Å². The fourth-order valence-corrected chi connectivity index (χ4v) is 4.72. The smallest absolute Gasteiger partial charge is 0.317 e. The molecule has 0 radical (unpaired) electrons. The van der Waals surface area contributed by atoms with Crippen LogP contribution >= 0.6 is 15.9 Å². The summed E-state index contributed by atoms with van der Waals surface area (Å²) in [5, 5.41) is 3.08. The Balaban J connectivity index is 1.28. The van der Waals surface area contributed by atoms with Crippen LogP contribution in [0.5, 0.6) is 0 Å².